The normalized spacial score (nSPS) is 14.3. The summed E-state index contributed by atoms with van der Waals surface area (Å²) in [4.78, 5) is 22.1. The first-order chi connectivity index (χ1) is 11.8. The van der Waals surface area contributed by atoms with Gasteiger partial charge < -0.3 is 10.3 Å². The summed E-state index contributed by atoms with van der Waals surface area (Å²) >= 11 is 6.66. The number of halogens is 5. The molecular weight excluding hydrogens is 473 g/mol. The molecule has 0 aromatic carbocycles. The highest BCUT2D eigenvalue weighted by molar-refractivity contribution is 9.13. The lowest BCUT2D eigenvalue weighted by Gasteiger charge is -2.12. The quantitative estimate of drug-likeness (QED) is 0.505. The third kappa shape index (κ3) is 3.63. The van der Waals surface area contributed by atoms with Gasteiger partial charge in [-0.3, -0.25) is 15.6 Å². The van der Waals surface area contributed by atoms with Crippen LogP contribution >= 0.6 is 31.9 Å². The van der Waals surface area contributed by atoms with E-state index < -0.39 is 11.7 Å². The Morgan fingerprint density at radius 3 is 2.48 bits per heavy atom. The van der Waals surface area contributed by atoms with Crippen molar-refractivity contribution in [3.05, 3.63) is 44.4 Å². The molecule has 1 aliphatic rings. The fraction of sp³-hybridized carbons (Fsp3) is 0.154. The molecule has 0 spiro atoms. The average Bonchev–Trinajstić information content (AvgIpc) is 2.76. The van der Waals surface area contributed by atoms with Crippen LogP contribution in [0.2, 0.25) is 0 Å². The van der Waals surface area contributed by atoms with Gasteiger partial charge in [0.25, 0.3) is 5.91 Å². The molecule has 0 bridgehead atoms. The average molecular weight is 482 g/mol. The molecule has 0 unspecified atom stereocenters. The Hall–Kier alpha value is -2.08. The molecule has 25 heavy (non-hydrogen) atoms. The van der Waals surface area contributed by atoms with Gasteiger partial charge in [-0.25, -0.2) is 9.97 Å². The molecule has 3 rings (SSSR count). The summed E-state index contributed by atoms with van der Waals surface area (Å²) in [5, 5.41) is 2.68. The maximum atomic E-state index is 12.5. The minimum atomic E-state index is -4.50. The van der Waals surface area contributed by atoms with Crippen molar-refractivity contribution in [3.63, 3.8) is 0 Å². The highest BCUT2D eigenvalue weighted by atomic mass is 79.9. The number of nitrogens with zero attached hydrogens (tertiary/aromatic N) is 2. The van der Waals surface area contributed by atoms with Crippen molar-refractivity contribution in [2.24, 2.45) is 0 Å². The highest BCUT2D eigenvalue weighted by Gasteiger charge is 2.31. The minimum absolute atomic E-state index is 0.0512. The number of alkyl halides is 3. The highest BCUT2D eigenvalue weighted by Crippen LogP contribution is 2.34. The number of carbonyl (C=O) groups is 1. The molecule has 0 saturated heterocycles. The number of rotatable bonds is 3. The van der Waals surface area contributed by atoms with Gasteiger partial charge in [-0.1, -0.05) is 0 Å². The Bertz CT molecular complexity index is 847. The fourth-order valence-electron chi connectivity index (χ4n) is 2.08. The lowest BCUT2D eigenvalue weighted by molar-refractivity contribution is -0.138. The van der Waals surface area contributed by atoms with Crippen molar-refractivity contribution >= 4 is 49.4 Å². The molecule has 1 aliphatic heterocycles. The van der Waals surface area contributed by atoms with Gasteiger partial charge in [0.15, 0.2) is 0 Å². The van der Waals surface area contributed by atoms with E-state index in [-0.39, 0.29) is 18.4 Å². The standard InChI is InChI=1S/C13H9Br2F3N6O/c14-8-7-6(1-2-19-11(25)9(7)22-10(8)15)23-24-12-20-3-5(4-21-12)13(16,17)18/h1,3-4,22-23H,2H2,(H,19,25)(H,20,21,24). The second-order valence-electron chi connectivity index (χ2n) is 4.87. The Kier molecular flexibility index (Phi) is 4.73. The van der Waals surface area contributed by atoms with Gasteiger partial charge >= 0.3 is 6.18 Å². The van der Waals surface area contributed by atoms with Crippen molar-refractivity contribution < 1.29 is 18.0 Å². The number of fused-ring (bicyclic) bond motifs is 1. The number of H-pyrrole nitrogens is 1. The first-order valence-electron chi connectivity index (χ1n) is 6.74. The number of aromatic amines is 1. The Morgan fingerprint density at radius 2 is 1.84 bits per heavy atom. The van der Waals surface area contributed by atoms with E-state index >= 15 is 0 Å². The molecule has 4 N–H and O–H groups in total. The Morgan fingerprint density at radius 1 is 1.16 bits per heavy atom. The van der Waals surface area contributed by atoms with Gasteiger partial charge in [0.1, 0.15) is 5.69 Å². The van der Waals surface area contributed by atoms with E-state index in [1.165, 1.54) is 0 Å². The SMILES string of the molecule is O=C1NCC=C(NNc2ncc(C(F)(F)F)cn2)c2c1[nH]c(Br)c2Br. The molecule has 0 atom stereocenters. The van der Waals surface area contributed by atoms with Crippen LogP contribution in [-0.2, 0) is 6.18 Å². The predicted molar refractivity (Wildman–Crippen MR) is 90.3 cm³/mol. The third-order valence-corrected chi connectivity index (χ3v) is 5.17. The van der Waals surface area contributed by atoms with Crippen LogP contribution in [0.15, 0.2) is 27.5 Å². The number of anilines is 1. The zero-order valence-corrected chi connectivity index (χ0v) is 15.3. The van der Waals surface area contributed by atoms with Crippen LogP contribution in [-0.4, -0.2) is 27.4 Å². The summed E-state index contributed by atoms with van der Waals surface area (Å²) in [7, 11) is 0. The summed E-state index contributed by atoms with van der Waals surface area (Å²) in [5.41, 5.74) is 5.88. The molecule has 0 saturated carbocycles. The summed E-state index contributed by atoms with van der Waals surface area (Å²) in [6.07, 6.45) is -1.44. The van der Waals surface area contributed by atoms with Gasteiger partial charge in [0, 0.05) is 24.5 Å². The number of hydrogen-bond donors (Lipinski definition) is 4. The second kappa shape index (κ2) is 6.67. The first kappa shape index (κ1) is 17.7. The van der Waals surface area contributed by atoms with E-state index in [1.807, 2.05) is 0 Å². The third-order valence-electron chi connectivity index (χ3n) is 3.25. The molecule has 0 aliphatic carbocycles. The van der Waals surface area contributed by atoms with E-state index in [0.29, 0.717) is 38.4 Å². The van der Waals surface area contributed by atoms with Crippen molar-refractivity contribution in [1.29, 1.82) is 0 Å². The lowest BCUT2D eigenvalue weighted by Crippen LogP contribution is -2.23. The summed E-state index contributed by atoms with van der Waals surface area (Å²) < 4.78 is 38.7. The van der Waals surface area contributed by atoms with Gasteiger partial charge in [-0.2, -0.15) is 13.2 Å². The summed E-state index contributed by atoms with van der Waals surface area (Å²) in [5.74, 6) is -0.343. The fourth-order valence-corrected chi connectivity index (χ4v) is 2.99. The predicted octanol–water partition coefficient (Wildman–Crippen LogP) is 3.05. The van der Waals surface area contributed by atoms with Crippen LogP contribution < -0.4 is 16.2 Å². The van der Waals surface area contributed by atoms with Crippen molar-refractivity contribution in [2.45, 2.75) is 6.18 Å². The molecule has 2 aromatic heterocycles. The molecule has 12 heteroatoms. The number of hydrogen-bond acceptors (Lipinski definition) is 5. The van der Waals surface area contributed by atoms with Gasteiger partial charge in [-0.15, -0.1) is 0 Å². The summed E-state index contributed by atoms with van der Waals surface area (Å²) in [6, 6.07) is 0. The Balaban J connectivity index is 1.81. The molecule has 7 nitrogen and oxygen atoms in total. The van der Waals surface area contributed by atoms with E-state index in [0.717, 1.165) is 0 Å². The van der Waals surface area contributed by atoms with E-state index in [1.54, 1.807) is 6.08 Å². The smallest absolute Gasteiger partial charge is 0.347 e. The number of nitrogens with one attached hydrogen (secondary N) is 4. The number of carbonyl (C=O) groups excluding carboxylic acids is 1. The number of amides is 1. The van der Waals surface area contributed by atoms with Gasteiger partial charge in [-0.05, 0) is 37.9 Å². The van der Waals surface area contributed by atoms with Crippen LogP contribution in [0.4, 0.5) is 19.1 Å². The van der Waals surface area contributed by atoms with E-state index in [4.69, 9.17) is 0 Å². The number of hydrazine groups is 1. The van der Waals surface area contributed by atoms with Crippen LogP contribution in [0.1, 0.15) is 21.6 Å². The maximum absolute atomic E-state index is 12.5. The van der Waals surface area contributed by atoms with E-state index in [9.17, 15) is 18.0 Å². The molecule has 1 amide bonds. The molecule has 0 fully saturated rings. The molecule has 3 heterocycles. The molecule has 132 valence electrons. The van der Waals surface area contributed by atoms with Crippen LogP contribution in [0, 0.1) is 0 Å². The molecule has 2 aromatic rings. The lowest BCUT2D eigenvalue weighted by atomic mass is 10.2. The number of aromatic nitrogens is 3. The Labute approximate surface area is 155 Å². The minimum Gasteiger partial charge on any atom is -0.347 e. The van der Waals surface area contributed by atoms with Crippen LogP contribution in [0.3, 0.4) is 0 Å². The summed E-state index contributed by atoms with van der Waals surface area (Å²) in [6.45, 7) is 0.267. The van der Waals surface area contributed by atoms with E-state index in [2.05, 4.69) is 63.0 Å². The first-order valence-corrected chi connectivity index (χ1v) is 8.33. The van der Waals surface area contributed by atoms with Crippen LogP contribution in [0.5, 0.6) is 0 Å². The maximum Gasteiger partial charge on any atom is 0.419 e. The van der Waals surface area contributed by atoms with Crippen molar-refractivity contribution in [3.8, 4) is 0 Å². The zero-order chi connectivity index (χ0) is 18.2. The molecular formula is C13H9Br2F3N6O. The van der Waals surface area contributed by atoms with Gasteiger partial charge in [0.05, 0.1) is 20.3 Å². The molecule has 0 radical (unpaired) electrons. The van der Waals surface area contributed by atoms with Gasteiger partial charge in [0.2, 0.25) is 5.95 Å². The zero-order valence-electron chi connectivity index (χ0n) is 12.1. The van der Waals surface area contributed by atoms with Crippen molar-refractivity contribution in [1.82, 2.24) is 25.7 Å². The topological polar surface area (TPSA) is 94.7 Å². The van der Waals surface area contributed by atoms with Crippen molar-refractivity contribution in [2.75, 3.05) is 12.0 Å². The second-order valence-corrected chi connectivity index (χ2v) is 6.46. The largest absolute Gasteiger partial charge is 0.419 e. The van der Waals surface area contributed by atoms with Crippen LogP contribution in [0.25, 0.3) is 5.70 Å². The monoisotopic (exact) mass is 480 g/mol.